The summed E-state index contributed by atoms with van der Waals surface area (Å²) in [4.78, 5) is 14.3. The van der Waals surface area contributed by atoms with Gasteiger partial charge in [0.2, 0.25) is 11.9 Å². The third-order valence-corrected chi connectivity index (χ3v) is 5.22. The quantitative estimate of drug-likeness (QED) is 0.728. The van der Waals surface area contributed by atoms with Crippen molar-refractivity contribution in [3.05, 3.63) is 30.1 Å². The largest absolute Gasteiger partial charge is 0.378 e. The molecule has 7 nitrogen and oxygen atoms in total. The number of hydrogen-bond donors (Lipinski definition) is 1. The number of hydrogen-bond acceptors (Lipinski definition) is 6. The zero-order valence-corrected chi connectivity index (χ0v) is 16.3. The van der Waals surface area contributed by atoms with Gasteiger partial charge in [-0.25, -0.2) is 4.39 Å². The van der Waals surface area contributed by atoms with E-state index in [0.717, 1.165) is 6.42 Å². The lowest BCUT2D eigenvalue weighted by Gasteiger charge is -2.28. The van der Waals surface area contributed by atoms with Gasteiger partial charge in [0, 0.05) is 19.6 Å². The second-order valence-electron chi connectivity index (χ2n) is 6.25. The molecule has 0 bridgehead atoms. The van der Waals surface area contributed by atoms with Crippen molar-refractivity contribution in [1.82, 2.24) is 20.1 Å². The Balaban J connectivity index is 1.91. The lowest BCUT2D eigenvalue weighted by molar-refractivity contribution is -0.120. The van der Waals surface area contributed by atoms with Crippen LogP contribution in [0.15, 0.2) is 29.4 Å². The van der Waals surface area contributed by atoms with Crippen molar-refractivity contribution in [3.8, 4) is 5.69 Å². The summed E-state index contributed by atoms with van der Waals surface area (Å²) in [5.41, 5.74) is 0.630. The number of nitrogens with one attached hydrogen (secondary N) is 1. The van der Waals surface area contributed by atoms with E-state index in [9.17, 15) is 9.18 Å². The Hall–Kier alpha value is -2.13. The Labute approximate surface area is 162 Å². The minimum Gasteiger partial charge on any atom is -0.378 e. The summed E-state index contributed by atoms with van der Waals surface area (Å²) in [6, 6.07) is 6.30. The highest BCUT2D eigenvalue weighted by atomic mass is 32.2. The van der Waals surface area contributed by atoms with Crippen LogP contribution in [0.5, 0.6) is 0 Å². The monoisotopic (exact) mass is 393 g/mol. The lowest BCUT2D eigenvalue weighted by atomic mass is 10.3. The number of nitrogens with zero attached hydrogens (tertiary/aromatic N) is 4. The van der Waals surface area contributed by atoms with Gasteiger partial charge in [0.1, 0.15) is 5.82 Å². The van der Waals surface area contributed by atoms with Crippen LogP contribution in [0.1, 0.15) is 20.3 Å². The van der Waals surface area contributed by atoms with Crippen molar-refractivity contribution in [2.45, 2.75) is 30.7 Å². The number of amides is 1. The molecule has 2 aromatic rings. The number of thioether (sulfide) groups is 1. The highest BCUT2D eigenvalue weighted by Crippen LogP contribution is 2.30. The molecular formula is C18H24FN5O2S. The van der Waals surface area contributed by atoms with E-state index in [0.29, 0.717) is 49.6 Å². The van der Waals surface area contributed by atoms with Gasteiger partial charge in [0.05, 0.1) is 24.2 Å². The number of anilines is 1. The number of carbonyl (C=O) groups excluding carboxylic acids is 1. The number of ether oxygens (including phenoxy) is 1. The Morgan fingerprint density at radius 1 is 1.37 bits per heavy atom. The van der Waals surface area contributed by atoms with Crippen LogP contribution in [-0.2, 0) is 9.53 Å². The Kier molecular flexibility index (Phi) is 6.68. The maximum Gasteiger partial charge on any atom is 0.233 e. The number of morpholine rings is 1. The van der Waals surface area contributed by atoms with E-state index in [1.165, 1.54) is 23.9 Å². The van der Waals surface area contributed by atoms with Crippen LogP contribution in [0.4, 0.5) is 10.3 Å². The first kappa shape index (κ1) is 19.6. The molecule has 1 aliphatic heterocycles. The molecule has 1 aromatic heterocycles. The van der Waals surface area contributed by atoms with Crippen LogP contribution in [0.3, 0.4) is 0 Å². The number of carbonyl (C=O) groups is 1. The molecule has 0 aliphatic carbocycles. The van der Waals surface area contributed by atoms with E-state index in [2.05, 4.69) is 20.4 Å². The fraction of sp³-hybridized carbons (Fsp3) is 0.500. The molecule has 9 heteroatoms. The van der Waals surface area contributed by atoms with Crippen molar-refractivity contribution in [3.63, 3.8) is 0 Å². The average Bonchev–Trinajstić information content (AvgIpc) is 3.10. The van der Waals surface area contributed by atoms with Gasteiger partial charge < -0.3 is 15.0 Å². The molecule has 2 heterocycles. The Bertz CT molecular complexity index is 779. The third kappa shape index (κ3) is 4.78. The number of rotatable bonds is 7. The Morgan fingerprint density at radius 3 is 2.85 bits per heavy atom. The van der Waals surface area contributed by atoms with Gasteiger partial charge in [-0.05, 0) is 31.5 Å². The van der Waals surface area contributed by atoms with Crippen LogP contribution in [0, 0.1) is 5.82 Å². The maximum absolute atomic E-state index is 13.8. The molecule has 1 unspecified atom stereocenters. The summed E-state index contributed by atoms with van der Waals surface area (Å²) < 4.78 is 21.1. The van der Waals surface area contributed by atoms with Gasteiger partial charge in [-0.3, -0.25) is 9.36 Å². The first-order valence-corrected chi connectivity index (χ1v) is 9.96. The fourth-order valence-electron chi connectivity index (χ4n) is 2.75. The van der Waals surface area contributed by atoms with E-state index < -0.39 is 0 Å². The van der Waals surface area contributed by atoms with Gasteiger partial charge in [-0.15, -0.1) is 10.2 Å². The molecular weight excluding hydrogens is 369 g/mol. The maximum atomic E-state index is 13.8. The topological polar surface area (TPSA) is 72.3 Å². The van der Waals surface area contributed by atoms with Crippen molar-refractivity contribution in [2.24, 2.45) is 0 Å². The van der Waals surface area contributed by atoms with Crippen molar-refractivity contribution < 1.29 is 13.9 Å². The van der Waals surface area contributed by atoms with Crippen molar-refractivity contribution in [1.29, 1.82) is 0 Å². The van der Waals surface area contributed by atoms with Gasteiger partial charge in [-0.2, -0.15) is 0 Å². The molecule has 3 rings (SSSR count). The SMILES string of the molecule is CCCNC(=O)C(C)Sc1nnc(N2CCOCC2)n1-c1cccc(F)c1. The van der Waals surface area contributed by atoms with Gasteiger partial charge in [0.25, 0.3) is 0 Å². The van der Waals surface area contributed by atoms with E-state index >= 15 is 0 Å². The predicted octanol–water partition coefficient (Wildman–Crippen LogP) is 2.25. The van der Waals surface area contributed by atoms with E-state index in [4.69, 9.17) is 4.74 Å². The molecule has 27 heavy (non-hydrogen) atoms. The first-order chi connectivity index (χ1) is 13.1. The molecule has 1 fully saturated rings. The molecule has 0 saturated carbocycles. The van der Waals surface area contributed by atoms with E-state index in [1.54, 1.807) is 6.07 Å². The number of benzene rings is 1. The predicted molar refractivity (Wildman–Crippen MR) is 103 cm³/mol. The Morgan fingerprint density at radius 2 is 2.15 bits per heavy atom. The highest BCUT2D eigenvalue weighted by molar-refractivity contribution is 8.00. The zero-order valence-electron chi connectivity index (χ0n) is 15.5. The van der Waals surface area contributed by atoms with Crippen LogP contribution >= 0.6 is 11.8 Å². The zero-order chi connectivity index (χ0) is 19.2. The highest BCUT2D eigenvalue weighted by Gasteiger charge is 2.24. The van der Waals surface area contributed by atoms with Crippen LogP contribution in [-0.4, -0.2) is 58.8 Å². The van der Waals surface area contributed by atoms with Gasteiger partial charge in [0.15, 0.2) is 5.16 Å². The van der Waals surface area contributed by atoms with Crippen LogP contribution in [0.2, 0.25) is 0 Å². The summed E-state index contributed by atoms with van der Waals surface area (Å²) in [7, 11) is 0. The smallest absolute Gasteiger partial charge is 0.233 e. The lowest BCUT2D eigenvalue weighted by Crippen LogP contribution is -2.38. The molecule has 1 amide bonds. The summed E-state index contributed by atoms with van der Waals surface area (Å²) in [5.74, 6) is 0.245. The summed E-state index contributed by atoms with van der Waals surface area (Å²) in [6.07, 6.45) is 0.879. The number of halogens is 1. The standard InChI is InChI=1S/C18H24FN5O2S/c1-3-7-20-16(25)13(2)27-18-22-21-17(23-8-10-26-11-9-23)24(18)15-6-4-5-14(19)12-15/h4-6,12-13H,3,7-11H2,1-2H3,(H,20,25). The van der Waals surface area contributed by atoms with Crippen LogP contribution < -0.4 is 10.2 Å². The second-order valence-corrected chi connectivity index (χ2v) is 7.56. The van der Waals surface area contributed by atoms with Crippen molar-refractivity contribution in [2.75, 3.05) is 37.7 Å². The minimum absolute atomic E-state index is 0.0523. The number of aromatic nitrogens is 3. The molecule has 1 aromatic carbocycles. The molecule has 1 atom stereocenters. The molecule has 1 aliphatic rings. The normalized spacial score (nSPS) is 15.6. The molecule has 1 N–H and O–H groups in total. The molecule has 0 radical (unpaired) electrons. The first-order valence-electron chi connectivity index (χ1n) is 9.08. The molecule has 1 saturated heterocycles. The summed E-state index contributed by atoms with van der Waals surface area (Å²) >= 11 is 1.31. The second kappa shape index (κ2) is 9.18. The summed E-state index contributed by atoms with van der Waals surface area (Å²) in [6.45, 7) is 7.05. The van der Waals surface area contributed by atoms with E-state index in [-0.39, 0.29) is 17.0 Å². The van der Waals surface area contributed by atoms with Crippen molar-refractivity contribution >= 4 is 23.6 Å². The van der Waals surface area contributed by atoms with Gasteiger partial charge >= 0.3 is 0 Å². The van der Waals surface area contributed by atoms with E-state index in [1.807, 2.05) is 24.5 Å². The fourth-order valence-corrected chi connectivity index (χ4v) is 3.64. The molecule has 146 valence electrons. The van der Waals surface area contributed by atoms with Gasteiger partial charge in [-0.1, -0.05) is 24.8 Å². The third-order valence-electron chi connectivity index (χ3n) is 4.18. The molecule has 0 spiro atoms. The minimum atomic E-state index is -0.342. The van der Waals surface area contributed by atoms with Crippen LogP contribution in [0.25, 0.3) is 5.69 Å². The summed E-state index contributed by atoms with van der Waals surface area (Å²) in [5, 5.41) is 11.7. The average molecular weight is 393 g/mol.